The summed E-state index contributed by atoms with van der Waals surface area (Å²) in [6, 6.07) is 0.622. The third-order valence-corrected chi connectivity index (χ3v) is 3.94. The summed E-state index contributed by atoms with van der Waals surface area (Å²) in [6.45, 7) is 2.55. The highest BCUT2D eigenvalue weighted by Crippen LogP contribution is 2.19. The van der Waals surface area contributed by atoms with Gasteiger partial charge in [0.05, 0.1) is 0 Å². The van der Waals surface area contributed by atoms with Gasteiger partial charge >= 0.3 is 0 Å². The number of likely N-dealkylation sites (tertiary alicyclic amines) is 1. The highest BCUT2D eigenvalue weighted by molar-refractivity contribution is 5.81. The average Bonchev–Trinajstić information content (AvgIpc) is 2.71. The molecule has 0 radical (unpaired) electrons. The van der Waals surface area contributed by atoms with Crippen LogP contribution < -0.4 is 0 Å². The van der Waals surface area contributed by atoms with E-state index in [4.69, 9.17) is 4.74 Å². The van der Waals surface area contributed by atoms with Gasteiger partial charge in [0.1, 0.15) is 6.10 Å². The summed E-state index contributed by atoms with van der Waals surface area (Å²) < 4.78 is 5.48. The molecule has 0 aromatic heterocycles. The van der Waals surface area contributed by atoms with Crippen LogP contribution in [0.25, 0.3) is 0 Å². The summed E-state index contributed by atoms with van der Waals surface area (Å²) in [5, 5.41) is 0. The minimum atomic E-state index is -0.147. The molecule has 0 aromatic carbocycles. The number of ether oxygens (including phenoxy) is 1. The molecule has 2 atom stereocenters. The molecule has 2 saturated heterocycles. The van der Waals surface area contributed by atoms with Gasteiger partial charge in [0.25, 0.3) is 5.91 Å². The van der Waals surface area contributed by atoms with E-state index in [9.17, 15) is 4.79 Å². The number of hydrogen-bond donors (Lipinski definition) is 0. The molecule has 2 fully saturated rings. The van der Waals surface area contributed by atoms with Crippen molar-refractivity contribution in [2.45, 2.75) is 44.2 Å². The van der Waals surface area contributed by atoms with E-state index in [1.165, 1.54) is 6.42 Å². The Morgan fingerprint density at radius 2 is 2.00 bits per heavy atom. The van der Waals surface area contributed by atoms with Gasteiger partial charge in [-0.15, -0.1) is 0 Å². The van der Waals surface area contributed by atoms with E-state index >= 15 is 0 Å². The highest BCUT2D eigenvalue weighted by Gasteiger charge is 2.29. The van der Waals surface area contributed by atoms with E-state index in [1.54, 1.807) is 0 Å². The smallest absolute Gasteiger partial charge is 0.251 e. The monoisotopic (exact) mass is 240 g/mol. The number of nitrogens with zero attached hydrogens (tertiary/aromatic N) is 2. The van der Waals surface area contributed by atoms with Crippen molar-refractivity contribution >= 4 is 5.91 Å². The third-order valence-electron chi connectivity index (χ3n) is 3.94. The zero-order valence-corrected chi connectivity index (χ0v) is 11.0. The van der Waals surface area contributed by atoms with Gasteiger partial charge in [-0.2, -0.15) is 0 Å². The van der Waals surface area contributed by atoms with Crippen molar-refractivity contribution in [2.24, 2.45) is 0 Å². The first-order chi connectivity index (χ1) is 8.18. The minimum Gasteiger partial charge on any atom is -0.368 e. The van der Waals surface area contributed by atoms with Crippen LogP contribution >= 0.6 is 0 Å². The fourth-order valence-electron chi connectivity index (χ4n) is 2.79. The van der Waals surface area contributed by atoms with Gasteiger partial charge in [0.15, 0.2) is 0 Å². The lowest BCUT2D eigenvalue weighted by Crippen LogP contribution is -2.40. The Morgan fingerprint density at radius 3 is 2.65 bits per heavy atom. The van der Waals surface area contributed by atoms with Crippen molar-refractivity contribution in [2.75, 3.05) is 33.8 Å². The molecule has 2 aliphatic rings. The summed E-state index contributed by atoms with van der Waals surface area (Å²) in [6.07, 6.45) is 5.19. The Morgan fingerprint density at radius 1 is 1.18 bits per heavy atom. The van der Waals surface area contributed by atoms with Crippen LogP contribution in [-0.4, -0.2) is 61.6 Å². The van der Waals surface area contributed by atoms with Crippen LogP contribution in [0.1, 0.15) is 32.1 Å². The van der Waals surface area contributed by atoms with Crippen LogP contribution in [0.5, 0.6) is 0 Å². The second kappa shape index (κ2) is 5.83. The molecule has 0 bridgehead atoms. The predicted octanol–water partition coefficient (Wildman–Crippen LogP) is 1.11. The van der Waals surface area contributed by atoms with Crippen LogP contribution in [0.4, 0.5) is 0 Å². The van der Waals surface area contributed by atoms with E-state index in [0.717, 1.165) is 45.4 Å². The first-order valence-corrected chi connectivity index (χ1v) is 6.75. The molecule has 0 saturated carbocycles. The number of amides is 1. The molecule has 1 amide bonds. The van der Waals surface area contributed by atoms with Gasteiger partial charge in [-0.05, 0) is 46.2 Å². The first-order valence-electron chi connectivity index (χ1n) is 6.75. The van der Waals surface area contributed by atoms with Gasteiger partial charge in [0, 0.05) is 25.7 Å². The maximum Gasteiger partial charge on any atom is 0.251 e. The maximum atomic E-state index is 12.2. The Balaban J connectivity index is 1.87. The zero-order valence-electron chi connectivity index (χ0n) is 11.0. The zero-order chi connectivity index (χ0) is 12.3. The summed E-state index contributed by atoms with van der Waals surface area (Å²) >= 11 is 0. The summed E-state index contributed by atoms with van der Waals surface area (Å²) in [4.78, 5) is 16.5. The lowest BCUT2D eigenvalue weighted by Gasteiger charge is -2.25. The molecule has 17 heavy (non-hydrogen) atoms. The second-order valence-electron chi connectivity index (χ2n) is 5.38. The Bertz CT molecular complexity index is 262. The fourth-order valence-corrected chi connectivity index (χ4v) is 2.79. The number of rotatable bonds is 2. The lowest BCUT2D eigenvalue weighted by molar-refractivity contribution is -0.140. The molecule has 0 spiro atoms. The van der Waals surface area contributed by atoms with Gasteiger partial charge in [-0.1, -0.05) is 0 Å². The quantitative estimate of drug-likeness (QED) is 0.725. The van der Waals surface area contributed by atoms with Gasteiger partial charge in [0.2, 0.25) is 0 Å². The van der Waals surface area contributed by atoms with Crippen molar-refractivity contribution < 1.29 is 9.53 Å². The standard InChI is InChI=1S/C13H24N2O2/c1-14(2)11-5-3-8-15(9-7-11)13(16)12-6-4-10-17-12/h11-12H,3-10H2,1-2H3/t11-,12+/m1/s1. The van der Waals surface area contributed by atoms with Crippen molar-refractivity contribution in [3.8, 4) is 0 Å². The molecule has 98 valence electrons. The molecule has 2 rings (SSSR count). The van der Waals surface area contributed by atoms with Crippen LogP contribution in [0.3, 0.4) is 0 Å². The topological polar surface area (TPSA) is 32.8 Å². The molecule has 4 nitrogen and oxygen atoms in total. The van der Waals surface area contributed by atoms with E-state index < -0.39 is 0 Å². The van der Waals surface area contributed by atoms with Crippen molar-refractivity contribution in [3.05, 3.63) is 0 Å². The molecule has 2 aliphatic heterocycles. The van der Waals surface area contributed by atoms with Crippen LogP contribution in [-0.2, 0) is 9.53 Å². The van der Waals surface area contributed by atoms with Crippen LogP contribution in [0.2, 0.25) is 0 Å². The normalized spacial score (nSPS) is 30.6. The summed E-state index contributed by atoms with van der Waals surface area (Å²) in [5.41, 5.74) is 0. The van der Waals surface area contributed by atoms with Crippen LogP contribution in [0.15, 0.2) is 0 Å². The van der Waals surface area contributed by atoms with Crippen molar-refractivity contribution in [1.29, 1.82) is 0 Å². The third kappa shape index (κ3) is 3.19. The second-order valence-corrected chi connectivity index (χ2v) is 5.38. The number of carbonyl (C=O) groups is 1. The largest absolute Gasteiger partial charge is 0.368 e. The molecule has 2 heterocycles. The van der Waals surface area contributed by atoms with Crippen LogP contribution in [0, 0.1) is 0 Å². The lowest BCUT2D eigenvalue weighted by atomic mass is 10.1. The predicted molar refractivity (Wildman–Crippen MR) is 66.9 cm³/mol. The van der Waals surface area contributed by atoms with Crippen molar-refractivity contribution in [1.82, 2.24) is 9.80 Å². The fraction of sp³-hybridized carbons (Fsp3) is 0.923. The van der Waals surface area contributed by atoms with E-state index in [0.29, 0.717) is 6.04 Å². The average molecular weight is 240 g/mol. The van der Waals surface area contributed by atoms with Gasteiger partial charge in [-0.25, -0.2) is 0 Å². The first kappa shape index (κ1) is 12.8. The Hall–Kier alpha value is -0.610. The molecule has 4 heteroatoms. The van der Waals surface area contributed by atoms with Crippen molar-refractivity contribution in [3.63, 3.8) is 0 Å². The molecule has 0 N–H and O–H groups in total. The van der Waals surface area contributed by atoms with E-state index in [-0.39, 0.29) is 12.0 Å². The molecule has 0 aliphatic carbocycles. The maximum absolute atomic E-state index is 12.2. The highest BCUT2D eigenvalue weighted by atomic mass is 16.5. The Labute approximate surface area is 104 Å². The molecule has 0 unspecified atom stereocenters. The number of hydrogen-bond acceptors (Lipinski definition) is 3. The molecular weight excluding hydrogens is 216 g/mol. The molecule has 0 aromatic rings. The number of carbonyl (C=O) groups excluding carboxylic acids is 1. The SMILES string of the molecule is CN(C)[C@@H]1CCCN(C(=O)[C@@H]2CCCO2)CC1. The van der Waals surface area contributed by atoms with Gasteiger partial charge in [-0.3, -0.25) is 4.79 Å². The Kier molecular flexibility index (Phi) is 4.40. The summed E-state index contributed by atoms with van der Waals surface area (Å²) in [7, 11) is 4.25. The van der Waals surface area contributed by atoms with E-state index in [1.807, 2.05) is 4.90 Å². The molecular formula is C13H24N2O2. The summed E-state index contributed by atoms with van der Waals surface area (Å²) in [5.74, 6) is 0.224. The van der Waals surface area contributed by atoms with E-state index in [2.05, 4.69) is 19.0 Å². The minimum absolute atomic E-state index is 0.147. The van der Waals surface area contributed by atoms with Gasteiger partial charge < -0.3 is 14.5 Å².